The number of nitrogens with one attached hydrogen (secondary N) is 11. The van der Waals surface area contributed by atoms with Crippen LogP contribution in [0.5, 0.6) is 11.5 Å². The van der Waals surface area contributed by atoms with Crippen LogP contribution in [-0.2, 0) is 104 Å². The number of aliphatic carboxylic acids is 5. The maximum absolute atomic E-state index is 15.1. The molecule has 47 nitrogen and oxygen atoms in total. The van der Waals surface area contributed by atoms with Crippen LogP contribution in [0.4, 0.5) is 0 Å². The van der Waals surface area contributed by atoms with Gasteiger partial charge in [0.15, 0.2) is 11.9 Å². The lowest BCUT2D eigenvalue weighted by Gasteiger charge is -2.32. The Morgan fingerprint density at radius 3 is 1.23 bits per heavy atom. The van der Waals surface area contributed by atoms with Gasteiger partial charge in [-0.3, -0.25) is 96.3 Å². The minimum atomic E-state index is -1.93. The van der Waals surface area contributed by atoms with E-state index in [4.69, 9.17) is 64.1 Å². The van der Waals surface area contributed by atoms with Crippen LogP contribution in [0.2, 0.25) is 0 Å². The van der Waals surface area contributed by atoms with E-state index in [0.717, 1.165) is 25.7 Å². The molecule has 5 rings (SSSR count). The fraction of sp³-hybridized carbons (Fsp3) is 0.607. The van der Waals surface area contributed by atoms with Crippen LogP contribution in [0.1, 0.15) is 195 Å². The van der Waals surface area contributed by atoms with Gasteiger partial charge in [0, 0.05) is 72.6 Å². The van der Waals surface area contributed by atoms with E-state index >= 15 is 9.59 Å². The minimum Gasteiger partial charge on any atom is -0.508 e. The van der Waals surface area contributed by atoms with Crippen LogP contribution in [-0.4, -0.2) is 281 Å². The summed E-state index contributed by atoms with van der Waals surface area (Å²) in [4.78, 5) is 261. The molecule has 0 spiro atoms. The second kappa shape index (κ2) is 58.8. The third-order valence-corrected chi connectivity index (χ3v) is 20.5. The van der Waals surface area contributed by atoms with E-state index in [9.17, 15) is 87.5 Å². The normalized spacial score (nSPS) is 16.7. The number of likely N-dealkylation sites (tertiary alicyclic amines) is 2. The average Bonchev–Trinajstić information content (AvgIpc) is 1.70. The summed E-state index contributed by atoms with van der Waals surface area (Å²) < 4.78 is 0. The van der Waals surface area contributed by atoms with Gasteiger partial charge in [0.2, 0.25) is 82.7 Å². The summed E-state index contributed by atoms with van der Waals surface area (Å²) in [5.41, 5.74) is 34.9. The quantitative estimate of drug-likeness (QED) is 0.0173. The van der Waals surface area contributed by atoms with Crippen molar-refractivity contribution < 1.29 is 127 Å². The second-order valence-corrected chi connectivity index (χ2v) is 32.6. The molecule has 2 aromatic carbocycles. The van der Waals surface area contributed by atoms with Crippen molar-refractivity contribution in [1.82, 2.24) is 68.3 Å². The van der Waals surface area contributed by atoms with Crippen molar-refractivity contribution in [3.05, 3.63) is 59.7 Å². The molecule has 47 heteroatoms. The molecule has 131 heavy (non-hydrogen) atoms. The number of primary amides is 1. The first kappa shape index (κ1) is 114. The summed E-state index contributed by atoms with van der Waals surface area (Å²) in [7, 11) is 0. The van der Waals surface area contributed by atoms with Gasteiger partial charge in [-0.2, -0.15) is 0 Å². The number of phenols is 2. The van der Waals surface area contributed by atoms with E-state index in [2.05, 4.69) is 68.5 Å². The number of carboxylic acids is 5. The van der Waals surface area contributed by atoms with Gasteiger partial charge in [-0.05, 0) is 156 Å². The molecule has 730 valence electrons. The third kappa shape index (κ3) is 44.4. The predicted octanol–water partition coefficient (Wildman–Crippen LogP) is -3.54. The number of hydrogen-bond donors (Lipinski definition) is 24. The third-order valence-electron chi connectivity index (χ3n) is 20.5. The van der Waals surface area contributed by atoms with Crippen molar-refractivity contribution in [3.8, 4) is 11.5 Å². The van der Waals surface area contributed by atoms with Gasteiger partial charge >= 0.3 is 11.9 Å². The SMILES string of the molecule is CC(=O)O.CC(=O)O.CC(=O)O.CC[C@H](C)[C@H](NC(=O)[C@H](Cc1ccc(O)cc1)NC(=O)[C@@H]1CCCN1C(=O)[C@H](CCCN=C(N)N)NC(=O)[C@H](CCCN=C(N)N)NC(=O)[C@@H]1CCCN1C(=O)[C@H](CCCCN)NC(=O)[C@H](CC(N)=O)NC(=O)[C@H](CCC(=O)O)NC(=O)[C@H](Cc1ccc(O)cc1)NC(=O)[C@H](CC(C)C)NC(=O)[C@@H]1CCC(=O)N1)C(=O)N[C@@H](CC(C)C)C(=O)O. The summed E-state index contributed by atoms with van der Waals surface area (Å²) in [6, 6.07) is -7.40. The molecular weight excluding hydrogens is 1720 g/mol. The van der Waals surface area contributed by atoms with Crippen LogP contribution < -0.4 is 92.9 Å². The lowest BCUT2D eigenvalue weighted by atomic mass is 9.96. The number of guanidine groups is 2. The van der Waals surface area contributed by atoms with Crippen molar-refractivity contribution in [3.63, 3.8) is 0 Å². The molecule has 3 fully saturated rings. The molecule has 30 N–H and O–H groups in total. The highest BCUT2D eigenvalue weighted by atomic mass is 16.4. The Kier molecular flexibility index (Phi) is 51.0. The molecule has 0 unspecified atom stereocenters. The van der Waals surface area contributed by atoms with Gasteiger partial charge in [0.25, 0.3) is 17.9 Å². The highest BCUT2D eigenvalue weighted by Crippen LogP contribution is 2.25. The molecule has 0 bridgehead atoms. The molecule has 3 aliphatic rings. The Bertz CT molecular complexity index is 4220. The second-order valence-electron chi connectivity index (χ2n) is 32.6. The van der Waals surface area contributed by atoms with E-state index in [1.54, 1.807) is 41.5 Å². The van der Waals surface area contributed by atoms with Gasteiger partial charge < -0.3 is 138 Å². The molecule has 14 amide bonds. The fourth-order valence-corrected chi connectivity index (χ4v) is 14.0. The Morgan fingerprint density at radius 2 is 0.817 bits per heavy atom. The number of unbranched alkanes of at least 4 members (excludes halogenated alkanes) is 1. The van der Waals surface area contributed by atoms with E-state index in [1.807, 2.05) is 0 Å². The summed E-state index contributed by atoms with van der Waals surface area (Å²) in [5, 5.41) is 90.9. The number of carbonyl (C=O) groups excluding carboxylic acids is 14. The van der Waals surface area contributed by atoms with Crippen molar-refractivity contribution >= 4 is 124 Å². The summed E-state index contributed by atoms with van der Waals surface area (Å²) >= 11 is 0. The number of carboxylic acid groups (broad SMARTS) is 5. The van der Waals surface area contributed by atoms with Gasteiger partial charge in [0.1, 0.15) is 90.0 Å². The molecule has 0 aromatic heterocycles. The Morgan fingerprint density at radius 1 is 0.450 bits per heavy atom. The number of benzene rings is 2. The lowest BCUT2D eigenvalue weighted by Crippen LogP contribution is -2.61. The Balaban J connectivity index is 0.00000454. The molecule has 2 aromatic rings. The number of rotatable bonds is 50. The number of aromatic hydroxyl groups is 2. The topological polar surface area (TPSA) is 786 Å². The zero-order valence-corrected chi connectivity index (χ0v) is 75.4. The number of carbonyl (C=O) groups is 19. The monoisotopic (exact) mass is 1850 g/mol. The predicted molar refractivity (Wildman–Crippen MR) is 473 cm³/mol. The highest BCUT2D eigenvalue weighted by molar-refractivity contribution is 6.01. The number of nitrogens with zero attached hydrogens (tertiary/aromatic N) is 4. The first-order valence-corrected chi connectivity index (χ1v) is 43.1. The molecule has 0 saturated carbocycles. The van der Waals surface area contributed by atoms with Crippen molar-refractivity contribution in [2.45, 2.75) is 276 Å². The zero-order chi connectivity index (χ0) is 99.1. The first-order chi connectivity index (χ1) is 61.5. The molecule has 14 atom stereocenters. The number of nitrogens with two attached hydrogens (primary N) is 6. The smallest absolute Gasteiger partial charge is 0.326 e. The van der Waals surface area contributed by atoms with Gasteiger partial charge in [-0.25, -0.2) is 4.79 Å². The number of phenolic OH excluding ortho intramolecular Hbond substituents is 2. The first-order valence-electron chi connectivity index (χ1n) is 43.1. The maximum Gasteiger partial charge on any atom is 0.326 e. The molecular formula is C84H133N21O26. The zero-order valence-electron chi connectivity index (χ0n) is 75.4. The number of aliphatic imine (C=N–C) groups is 2. The van der Waals surface area contributed by atoms with Crippen LogP contribution in [0.3, 0.4) is 0 Å². The molecule has 0 aliphatic carbocycles. The van der Waals surface area contributed by atoms with Crippen molar-refractivity contribution in [2.24, 2.45) is 62.1 Å². The van der Waals surface area contributed by atoms with E-state index in [0.29, 0.717) is 24.0 Å². The molecule has 3 heterocycles. The average molecular weight is 1850 g/mol. The number of amides is 14. The maximum atomic E-state index is 15.1. The fourth-order valence-electron chi connectivity index (χ4n) is 14.0. The molecule has 0 radical (unpaired) electrons. The van der Waals surface area contributed by atoms with Crippen LogP contribution in [0.15, 0.2) is 58.5 Å². The van der Waals surface area contributed by atoms with Crippen LogP contribution >= 0.6 is 0 Å². The van der Waals surface area contributed by atoms with Crippen molar-refractivity contribution in [1.29, 1.82) is 0 Å². The lowest BCUT2D eigenvalue weighted by molar-refractivity contribution is -0.144. The Labute approximate surface area is 758 Å². The van der Waals surface area contributed by atoms with Crippen molar-refractivity contribution in [2.75, 3.05) is 32.7 Å². The molecule has 3 saturated heterocycles. The van der Waals surface area contributed by atoms with E-state index < -0.39 is 210 Å². The summed E-state index contributed by atoms with van der Waals surface area (Å²) in [6.07, 6.45) is -1.46. The van der Waals surface area contributed by atoms with E-state index in [1.165, 1.54) is 53.4 Å². The van der Waals surface area contributed by atoms with Gasteiger partial charge in [-0.15, -0.1) is 0 Å². The Hall–Kier alpha value is -13.5. The van der Waals surface area contributed by atoms with Gasteiger partial charge in [0.05, 0.1) is 6.42 Å². The van der Waals surface area contributed by atoms with E-state index in [-0.39, 0.29) is 177 Å². The number of hydrogen-bond acceptors (Lipinski definition) is 24. The standard InChI is InChI=1S/C78H121N21O20.3C2H4O2/c1-7-43(6)63(73(115)96-57(76(118)119)37-42(4)5)97-70(112)55(39-45-21-25-47(101)26-22-45)95-72(114)59-18-13-35-99(59)75(117)52(16-11-33-86-78(83)84)90-64(106)48(15-10-32-85-77(81)82)89-71(113)58-17-12-34-98(58)74(116)51(14-8-9-31-79)91-69(111)56(40-60(80)102)94-66(108)50(28-30-62(104)105)88-68(110)54(38-44-19-23-46(100)24-20-44)93-67(109)53(36-41(2)3)92-65(107)49-27-29-61(103)87-49;3*1-2(3)4/h19-26,41-43,48-59,63,100-101H,7-18,27-40,79H2,1-6H3,(H2,80,102)(H,87,103)(H,88,110)(H,89,113)(H,90,106)(H,91,111)(H,92,107)(H,93,109)(H,94,108)(H,95,114)(H,96,115)(H,97,112)(H,104,105)(H,118,119)(H4,81,82,85)(H4,83,84,86);3*1H3,(H,3,4)/t43-,48-,49-,50-,51-,52-,53-,54-,55-,56-,57-,58-,59-,63-;;;/m0.../s1. The van der Waals surface area contributed by atoms with Crippen LogP contribution in [0.25, 0.3) is 0 Å². The summed E-state index contributed by atoms with van der Waals surface area (Å²) in [5.74, 6) is -19.2. The largest absolute Gasteiger partial charge is 0.508 e. The van der Waals surface area contributed by atoms with Crippen LogP contribution in [0, 0.1) is 17.8 Å². The molecule has 3 aliphatic heterocycles. The minimum absolute atomic E-state index is 0.00423. The summed E-state index contributed by atoms with van der Waals surface area (Å²) in [6.45, 7) is 13.7. The van der Waals surface area contributed by atoms with Gasteiger partial charge in [-0.1, -0.05) is 72.2 Å². The highest BCUT2D eigenvalue weighted by Gasteiger charge is 2.44.